The van der Waals surface area contributed by atoms with Gasteiger partial charge in [-0.2, -0.15) is 0 Å². The van der Waals surface area contributed by atoms with Gasteiger partial charge in [0.05, 0.1) is 12.0 Å². The number of aliphatic hydroxyl groups is 1. The van der Waals surface area contributed by atoms with Crippen LogP contribution in [0.2, 0.25) is 0 Å². The number of nitrogens with one attached hydrogen (secondary N) is 1. The fraction of sp³-hybridized carbons (Fsp3) is 0.900. The molecule has 0 spiro atoms. The van der Waals surface area contributed by atoms with Gasteiger partial charge in [0, 0.05) is 6.54 Å². The summed E-state index contributed by atoms with van der Waals surface area (Å²) in [6.45, 7) is 8.28. The Labute approximate surface area is 80.5 Å². The molecule has 0 fully saturated rings. The second-order valence-corrected chi connectivity index (χ2v) is 4.48. The Morgan fingerprint density at radius 2 is 2.00 bits per heavy atom. The summed E-state index contributed by atoms with van der Waals surface area (Å²) in [5, 5.41) is 11.7. The van der Waals surface area contributed by atoms with Crippen LogP contribution in [-0.2, 0) is 4.79 Å². The molecule has 1 amide bonds. The Kier molecular flexibility index (Phi) is 4.99. The number of hydrogen-bond acceptors (Lipinski definition) is 2. The maximum absolute atomic E-state index is 11.4. The molecule has 3 heteroatoms. The Balaban J connectivity index is 3.75. The number of carbonyl (C=O) groups excluding carboxylic acids is 1. The molecule has 13 heavy (non-hydrogen) atoms. The zero-order chi connectivity index (χ0) is 10.5. The van der Waals surface area contributed by atoms with E-state index in [2.05, 4.69) is 19.2 Å². The summed E-state index contributed by atoms with van der Waals surface area (Å²) in [4.78, 5) is 11.4. The van der Waals surface area contributed by atoms with Gasteiger partial charge in [-0.05, 0) is 26.2 Å². The number of aliphatic hydroxyl groups excluding tert-OH is 1. The smallest absolute Gasteiger partial charge is 0.227 e. The Morgan fingerprint density at radius 3 is 2.38 bits per heavy atom. The molecule has 0 aliphatic heterocycles. The first-order chi connectivity index (χ1) is 5.90. The van der Waals surface area contributed by atoms with Gasteiger partial charge in [-0.1, -0.05) is 13.8 Å². The van der Waals surface area contributed by atoms with E-state index in [0.29, 0.717) is 12.5 Å². The summed E-state index contributed by atoms with van der Waals surface area (Å²) >= 11 is 0. The molecule has 2 N–H and O–H groups in total. The highest BCUT2D eigenvalue weighted by Crippen LogP contribution is 2.13. The summed E-state index contributed by atoms with van der Waals surface area (Å²) < 4.78 is 0. The summed E-state index contributed by atoms with van der Waals surface area (Å²) in [6, 6.07) is 0. The first-order valence-corrected chi connectivity index (χ1v) is 4.79. The van der Waals surface area contributed by atoms with Crippen LogP contribution < -0.4 is 5.32 Å². The molecule has 0 saturated heterocycles. The molecule has 78 valence electrons. The average molecular weight is 187 g/mol. The van der Waals surface area contributed by atoms with Crippen molar-refractivity contribution >= 4 is 5.91 Å². The topological polar surface area (TPSA) is 49.3 Å². The van der Waals surface area contributed by atoms with Crippen LogP contribution in [0, 0.1) is 11.3 Å². The maximum Gasteiger partial charge on any atom is 0.227 e. The van der Waals surface area contributed by atoms with Crippen molar-refractivity contribution in [1.29, 1.82) is 0 Å². The van der Waals surface area contributed by atoms with E-state index >= 15 is 0 Å². The van der Waals surface area contributed by atoms with Crippen molar-refractivity contribution < 1.29 is 9.90 Å². The predicted octanol–water partition coefficient (Wildman–Crippen LogP) is 1.17. The van der Waals surface area contributed by atoms with Gasteiger partial charge in [-0.25, -0.2) is 0 Å². The van der Waals surface area contributed by atoms with Crippen LogP contribution in [0.3, 0.4) is 0 Å². The van der Waals surface area contributed by atoms with Crippen LogP contribution in [0.5, 0.6) is 0 Å². The molecule has 3 nitrogen and oxygen atoms in total. The van der Waals surface area contributed by atoms with Crippen molar-refractivity contribution in [1.82, 2.24) is 5.32 Å². The van der Waals surface area contributed by atoms with E-state index in [1.54, 1.807) is 13.8 Å². The maximum atomic E-state index is 11.4. The molecule has 0 bridgehead atoms. The average Bonchev–Trinajstić information content (AvgIpc) is 2.03. The van der Waals surface area contributed by atoms with E-state index in [1.807, 2.05) is 0 Å². The Hall–Kier alpha value is -0.570. The lowest BCUT2D eigenvalue weighted by Gasteiger charge is -2.20. The van der Waals surface area contributed by atoms with E-state index in [0.717, 1.165) is 6.42 Å². The minimum absolute atomic E-state index is 0.0735. The number of hydrogen-bond donors (Lipinski definition) is 2. The second-order valence-electron chi connectivity index (χ2n) is 4.48. The van der Waals surface area contributed by atoms with Gasteiger partial charge >= 0.3 is 0 Å². The summed E-state index contributed by atoms with van der Waals surface area (Å²) in [5.41, 5.74) is -0.656. The van der Waals surface area contributed by atoms with E-state index in [4.69, 9.17) is 5.11 Å². The van der Waals surface area contributed by atoms with Gasteiger partial charge in [0.1, 0.15) is 0 Å². The largest absolute Gasteiger partial charge is 0.395 e. The van der Waals surface area contributed by atoms with Crippen molar-refractivity contribution in [3.63, 3.8) is 0 Å². The lowest BCUT2D eigenvalue weighted by molar-refractivity contribution is -0.131. The standard InChI is InChI=1S/C10H21NO2/c1-8(2)5-6-11-9(13)10(3,4)7-12/h8,12H,5-7H2,1-4H3,(H,11,13). The molecule has 0 heterocycles. The molecule has 0 radical (unpaired) electrons. The SMILES string of the molecule is CC(C)CCNC(=O)C(C)(C)CO. The van der Waals surface area contributed by atoms with Gasteiger partial charge in [0.25, 0.3) is 0 Å². The van der Waals surface area contributed by atoms with Crippen LogP contribution in [0.1, 0.15) is 34.1 Å². The first-order valence-electron chi connectivity index (χ1n) is 4.79. The van der Waals surface area contributed by atoms with Gasteiger partial charge < -0.3 is 10.4 Å². The predicted molar refractivity (Wildman–Crippen MR) is 53.3 cm³/mol. The minimum atomic E-state index is -0.656. The summed E-state index contributed by atoms with van der Waals surface area (Å²) in [5.74, 6) is 0.521. The Morgan fingerprint density at radius 1 is 1.46 bits per heavy atom. The summed E-state index contributed by atoms with van der Waals surface area (Å²) in [7, 11) is 0. The molecule has 0 unspecified atom stereocenters. The van der Waals surface area contributed by atoms with Gasteiger partial charge in [-0.3, -0.25) is 4.79 Å². The third kappa shape index (κ3) is 4.88. The molecule has 0 aromatic heterocycles. The molecule has 0 aromatic rings. The zero-order valence-electron chi connectivity index (χ0n) is 9.05. The lowest BCUT2D eigenvalue weighted by Crippen LogP contribution is -2.39. The fourth-order valence-corrected chi connectivity index (χ4v) is 0.785. The lowest BCUT2D eigenvalue weighted by atomic mass is 9.93. The third-order valence-electron chi connectivity index (χ3n) is 2.02. The molecule has 0 aliphatic rings. The monoisotopic (exact) mass is 187 g/mol. The van der Waals surface area contributed by atoms with E-state index in [-0.39, 0.29) is 12.5 Å². The van der Waals surface area contributed by atoms with E-state index in [9.17, 15) is 4.79 Å². The van der Waals surface area contributed by atoms with Crippen molar-refractivity contribution in [2.75, 3.05) is 13.2 Å². The number of rotatable bonds is 5. The van der Waals surface area contributed by atoms with Crippen LogP contribution in [-0.4, -0.2) is 24.2 Å². The van der Waals surface area contributed by atoms with Crippen molar-refractivity contribution in [2.24, 2.45) is 11.3 Å². The van der Waals surface area contributed by atoms with E-state index < -0.39 is 5.41 Å². The van der Waals surface area contributed by atoms with Crippen molar-refractivity contribution in [2.45, 2.75) is 34.1 Å². The second kappa shape index (κ2) is 5.22. The van der Waals surface area contributed by atoms with Crippen LogP contribution >= 0.6 is 0 Å². The van der Waals surface area contributed by atoms with Gasteiger partial charge in [-0.15, -0.1) is 0 Å². The quantitative estimate of drug-likeness (QED) is 0.678. The van der Waals surface area contributed by atoms with Gasteiger partial charge in [0.15, 0.2) is 0 Å². The molecular formula is C10H21NO2. The fourth-order valence-electron chi connectivity index (χ4n) is 0.785. The highest BCUT2D eigenvalue weighted by atomic mass is 16.3. The molecule has 0 saturated carbocycles. The van der Waals surface area contributed by atoms with Crippen LogP contribution in [0.25, 0.3) is 0 Å². The summed E-state index contributed by atoms with van der Waals surface area (Å²) in [6.07, 6.45) is 0.979. The molecule has 0 aromatic carbocycles. The molecule has 0 atom stereocenters. The molecule has 0 aliphatic carbocycles. The first kappa shape index (κ1) is 12.4. The van der Waals surface area contributed by atoms with Crippen LogP contribution in [0.4, 0.5) is 0 Å². The van der Waals surface area contributed by atoms with Crippen molar-refractivity contribution in [3.8, 4) is 0 Å². The third-order valence-corrected chi connectivity index (χ3v) is 2.02. The number of amides is 1. The highest BCUT2D eigenvalue weighted by molar-refractivity contribution is 5.81. The molecule has 0 rings (SSSR count). The number of carbonyl (C=O) groups is 1. The van der Waals surface area contributed by atoms with E-state index in [1.165, 1.54) is 0 Å². The molecular weight excluding hydrogens is 166 g/mol. The van der Waals surface area contributed by atoms with Gasteiger partial charge in [0.2, 0.25) is 5.91 Å². The minimum Gasteiger partial charge on any atom is -0.395 e. The normalized spacial score (nSPS) is 11.8. The zero-order valence-corrected chi connectivity index (χ0v) is 9.05. The van der Waals surface area contributed by atoms with Crippen molar-refractivity contribution in [3.05, 3.63) is 0 Å². The highest BCUT2D eigenvalue weighted by Gasteiger charge is 2.25. The van der Waals surface area contributed by atoms with Crippen LogP contribution in [0.15, 0.2) is 0 Å². The Bertz CT molecular complexity index is 164.